The molecular weight excluding hydrogens is 274 g/mol. The molecule has 102 valence electrons. The number of aliphatic hydroxyl groups is 1. The largest absolute Gasteiger partial charge is 0.494 e. The maximum absolute atomic E-state index is 11.2. The molecule has 1 N–H and O–H groups in total. The van der Waals surface area contributed by atoms with Gasteiger partial charge in [0, 0.05) is 0 Å². The summed E-state index contributed by atoms with van der Waals surface area (Å²) in [6, 6.07) is 5.63. The lowest BCUT2D eigenvalue weighted by Gasteiger charge is -2.19. The number of allylic oxidation sites excluding steroid dienone is 2. The molecule has 3 rings (SSSR count). The highest BCUT2D eigenvalue weighted by Gasteiger charge is 2.29. The lowest BCUT2D eigenvalue weighted by atomic mass is 9.98. The Bertz CT molecular complexity index is 714. The van der Waals surface area contributed by atoms with Crippen LogP contribution in [-0.4, -0.2) is 22.5 Å². The molecule has 1 aliphatic rings. The van der Waals surface area contributed by atoms with Crippen LogP contribution >= 0.6 is 11.3 Å². The molecule has 0 amide bonds. The number of benzene rings is 1. The molecule has 0 saturated heterocycles. The van der Waals surface area contributed by atoms with Gasteiger partial charge in [-0.15, -0.1) is 11.3 Å². The van der Waals surface area contributed by atoms with E-state index in [-0.39, 0.29) is 5.78 Å². The summed E-state index contributed by atoms with van der Waals surface area (Å²) in [5, 5.41) is 11.1. The monoisotopic (exact) mass is 287 g/mol. The number of carbonyl (C=O) groups excluding carboxylic acids is 1. The first kappa shape index (κ1) is 13.0. The number of fused-ring (bicyclic) bond motifs is 1. The Kier molecular flexibility index (Phi) is 3.16. The van der Waals surface area contributed by atoms with Crippen LogP contribution in [0.2, 0.25) is 0 Å². The molecule has 0 fully saturated rings. The van der Waals surface area contributed by atoms with Gasteiger partial charge in [-0.25, -0.2) is 4.98 Å². The van der Waals surface area contributed by atoms with Gasteiger partial charge in [0.25, 0.3) is 0 Å². The maximum Gasteiger partial charge on any atom is 0.178 e. The Balaban J connectivity index is 2.03. The van der Waals surface area contributed by atoms with Crippen LogP contribution in [0.15, 0.2) is 42.5 Å². The van der Waals surface area contributed by atoms with Crippen molar-refractivity contribution in [3.63, 3.8) is 0 Å². The smallest absolute Gasteiger partial charge is 0.178 e. The first-order valence-electron chi connectivity index (χ1n) is 6.29. The zero-order chi connectivity index (χ0) is 14.2. The molecule has 0 atom stereocenters. The van der Waals surface area contributed by atoms with Crippen molar-refractivity contribution in [2.75, 3.05) is 6.61 Å². The molecule has 1 aromatic heterocycles. The van der Waals surface area contributed by atoms with E-state index in [1.54, 1.807) is 0 Å². The van der Waals surface area contributed by atoms with Gasteiger partial charge in [0.15, 0.2) is 11.4 Å². The summed E-state index contributed by atoms with van der Waals surface area (Å²) in [6.45, 7) is 2.54. The molecule has 0 saturated carbocycles. The minimum atomic E-state index is -1.30. The van der Waals surface area contributed by atoms with Crippen molar-refractivity contribution < 1.29 is 14.6 Å². The van der Waals surface area contributed by atoms with Crippen molar-refractivity contribution in [1.29, 1.82) is 0 Å². The molecule has 0 radical (unpaired) electrons. The fraction of sp³-hybridized carbons (Fsp3) is 0.200. The zero-order valence-electron chi connectivity index (χ0n) is 10.9. The molecule has 4 nitrogen and oxygen atoms in total. The van der Waals surface area contributed by atoms with Gasteiger partial charge in [0.1, 0.15) is 10.8 Å². The van der Waals surface area contributed by atoms with Gasteiger partial charge in [-0.05, 0) is 49.4 Å². The number of ether oxygens (including phenoxy) is 1. The third-order valence-corrected chi connectivity index (χ3v) is 4.18. The molecule has 1 aromatic carbocycles. The maximum atomic E-state index is 11.2. The standard InChI is InChI=1S/C15H13NO3S/c1-2-19-11-3-4-12-13(9-11)20-14(16-12)15(18)7-5-10(17)6-8-15/h3-9,18H,2H2,1H3. The number of aromatic nitrogens is 1. The average Bonchev–Trinajstić information content (AvgIpc) is 2.87. The van der Waals surface area contributed by atoms with Gasteiger partial charge in [0.05, 0.1) is 16.8 Å². The topological polar surface area (TPSA) is 59.4 Å². The summed E-state index contributed by atoms with van der Waals surface area (Å²) in [5.41, 5.74) is -0.496. The lowest BCUT2D eigenvalue weighted by Crippen LogP contribution is -2.22. The van der Waals surface area contributed by atoms with Crippen molar-refractivity contribution in [3.8, 4) is 5.75 Å². The van der Waals surface area contributed by atoms with Gasteiger partial charge < -0.3 is 9.84 Å². The molecule has 5 heteroatoms. The van der Waals surface area contributed by atoms with Gasteiger partial charge in [0.2, 0.25) is 0 Å². The van der Waals surface area contributed by atoms with Gasteiger partial charge >= 0.3 is 0 Å². The van der Waals surface area contributed by atoms with E-state index in [1.807, 2.05) is 25.1 Å². The second-order valence-corrected chi connectivity index (χ2v) is 5.51. The number of rotatable bonds is 3. The minimum Gasteiger partial charge on any atom is -0.494 e. The number of nitrogens with zero attached hydrogens (tertiary/aromatic N) is 1. The van der Waals surface area contributed by atoms with Crippen LogP contribution in [0.1, 0.15) is 11.9 Å². The molecule has 1 aliphatic carbocycles. The van der Waals surface area contributed by atoms with E-state index in [4.69, 9.17) is 4.74 Å². The number of thiazole rings is 1. The highest BCUT2D eigenvalue weighted by atomic mass is 32.1. The van der Waals surface area contributed by atoms with Crippen LogP contribution in [0.3, 0.4) is 0 Å². The number of hydrogen-bond acceptors (Lipinski definition) is 5. The SMILES string of the molecule is CCOc1ccc2nc(C3(O)C=CC(=O)C=C3)sc2c1. The summed E-state index contributed by atoms with van der Waals surface area (Å²) >= 11 is 1.39. The summed E-state index contributed by atoms with van der Waals surface area (Å²) in [5.74, 6) is 0.654. The first-order valence-corrected chi connectivity index (χ1v) is 7.11. The number of hydrogen-bond donors (Lipinski definition) is 1. The molecule has 1 heterocycles. The van der Waals surface area contributed by atoms with E-state index in [9.17, 15) is 9.90 Å². The van der Waals surface area contributed by atoms with E-state index in [1.165, 1.54) is 35.6 Å². The Morgan fingerprint density at radius 2 is 2.10 bits per heavy atom. The Morgan fingerprint density at radius 1 is 1.35 bits per heavy atom. The predicted octanol–water partition coefficient (Wildman–Crippen LogP) is 2.58. The normalized spacial score (nSPS) is 16.8. The molecule has 0 spiro atoms. The lowest BCUT2D eigenvalue weighted by molar-refractivity contribution is -0.110. The fourth-order valence-corrected chi connectivity index (χ4v) is 3.05. The van der Waals surface area contributed by atoms with Crippen molar-refractivity contribution in [2.24, 2.45) is 0 Å². The van der Waals surface area contributed by atoms with E-state index >= 15 is 0 Å². The molecular formula is C15H13NO3S. The van der Waals surface area contributed by atoms with E-state index in [0.717, 1.165) is 16.0 Å². The molecule has 0 bridgehead atoms. The van der Waals surface area contributed by atoms with Crippen molar-refractivity contribution >= 4 is 27.3 Å². The summed E-state index contributed by atoms with van der Waals surface area (Å²) in [4.78, 5) is 15.6. The molecule has 20 heavy (non-hydrogen) atoms. The van der Waals surface area contributed by atoms with Crippen LogP contribution in [0.5, 0.6) is 5.75 Å². The van der Waals surface area contributed by atoms with Gasteiger partial charge in [-0.3, -0.25) is 4.79 Å². The highest BCUT2D eigenvalue weighted by Crippen LogP contribution is 2.35. The molecule has 0 aliphatic heterocycles. The minimum absolute atomic E-state index is 0.130. The molecule has 0 unspecified atom stereocenters. The second kappa shape index (κ2) is 4.85. The van der Waals surface area contributed by atoms with Crippen LogP contribution in [0.4, 0.5) is 0 Å². The highest BCUT2D eigenvalue weighted by molar-refractivity contribution is 7.18. The summed E-state index contributed by atoms with van der Waals surface area (Å²) in [7, 11) is 0. The van der Waals surface area contributed by atoms with Crippen molar-refractivity contribution in [1.82, 2.24) is 4.98 Å². The van der Waals surface area contributed by atoms with Crippen LogP contribution in [0, 0.1) is 0 Å². The molecule has 2 aromatic rings. The Morgan fingerprint density at radius 3 is 2.80 bits per heavy atom. The zero-order valence-corrected chi connectivity index (χ0v) is 11.7. The Hall–Kier alpha value is -1.98. The van der Waals surface area contributed by atoms with E-state index in [2.05, 4.69) is 4.98 Å². The average molecular weight is 287 g/mol. The Labute approximate surface area is 120 Å². The predicted molar refractivity (Wildman–Crippen MR) is 78.0 cm³/mol. The van der Waals surface area contributed by atoms with E-state index < -0.39 is 5.60 Å². The fourth-order valence-electron chi connectivity index (χ4n) is 2.00. The van der Waals surface area contributed by atoms with Gasteiger partial charge in [-0.2, -0.15) is 0 Å². The second-order valence-electron chi connectivity index (χ2n) is 4.48. The van der Waals surface area contributed by atoms with Gasteiger partial charge in [-0.1, -0.05) is 0 Å². The summed E-state index contributed by atoms with van der Waals surface area (Å²) in [6.07, 6.45) is 5.66. The third kappa shape index (κ3) is 2.26. The van der Waals surface area contributed by atoms with Crippen LogP contribution < -0.4 is 4.74 Å². The first-order chi connectivity index (χ1) is 9.60. The van der Waals surface area contributed by atoms with Crippen LogP contribution in [0.25, 0.3) is 10.2 Å². The summed E-state index contributed by atoms with van der Waals surface area (Å²) < 4.78 is 6.39. The number of carbonyl (C=O) groups is 1. The third-order valence-electron chi connectivity index (χ3n) is 3.02. The van der Waals surface area contributed by atoms with Crippen molar-refractivity contribution in [3.05, 3.63) is 47.5 Å². The number of ketones is 1. The quantitative estimate of drug-likeness (QED) is 0.942. The van der Waals surface area contributed by atoms with Crippen molar-refractivity contribution in [2.45, 2.75) is 12.5 Å². The van der Waals surface area contributed by atoms with Crippen LogP contribution in [-0.2, 0) is 10.4 Å². The van der Waals surface area contributed by atoms with E-state index in [0.29, 0.717) is 11.6 Å².